The van der Waals surface area contributed by atoms with Gasteiger partial charge >= 0.3 is 0 Å². The van der Waals surface area contributed by atoms with Crippen molar-refractivity contribution in [3.05, 3.63) is 12.8 Å². The molecule has 0 aromatic rings. The van der Waals surface area contributed by atoms with Crippen LogP contribution in [-0.2, 0) is 0 Å². The maximum atomic E-state index is 5.56. The number of aliphatic imine (C=N–C) groups is 1. The van der Waals surface area contributed by atoms with E-state index in [1.165, 1.54) is 6.20 Å². The Morgan fingerprint density at radius 3 is 2.88 bits per heavy atom. The number of nitrogens with zero attached hydrogens (tertiary/aromatic N) is 1. The summed E-state index contributed by atoms with van der Waals surface area (Å²) in [7, 11) is 0. The summed E-state index contributed by atoms with van der Waals surface area (Å²) < 4.78 is 0. The van der Waals surface area contributed by atoms with E-state index < -0.39 is 0 Å². The third-order valence-electron chi connectivity index (χ3n) is 0.688. The first-order valence-corrected chi connectivity index (χ1v) is 3.02. The van der Waals surface area contributed by atoms with Crippen molar-refractivity contribution in [3.63, 3.8) is 0 Å². The van der Waals surface area contributed by atoms with Crippen molar-refractivity contribution in [2.45, 2.75) is 19.8 Å². The highest BCUT2D eigenvalue weighted by Crippen LogP contribution is 1.96. The molecule has 0 rings (SSSR count). The zero-order valence-corrected chi connectivity index (χ0v) is 5.78. The minimum Gasteiger partial charge on any atom is -0.250 e. The van der Waals surface area contributed by atoms with Crippen LogP contribution in [0.3, 0.4) is 0 Å². The van der Waals surface area contributed by atoms with E-state index in [1.54, 1.807) is 0 Å². The van der Waals surface area contributed by atoms with Gasteiger partial charge in [0.25, 0.3) is 0 Å². The summed E-state index contributed by atoms with van der Waals surface area (Å²) in [6.07, 6.45) is 3.35. The Labute approximate surface area is 55.1 Å². The number of hydrogen-bond donors (Lipinski definition) is 0. The fraction of sp³-hybridized carbons (Fsp3) is 0.500. The van der Waals surface area contributed by atoms with Crippen molar-refractivity contribution in [1.29, 1.82) is 0 Å². The topological polar surface area (TPSA) is 12.4 Å². The Morgan fingerprint density at radius 2 is 2.50 bits per heavy atom. The van der Waals surface area contributed by atoms with E-state index in [0.717, 1.165) is 12.8 Å². The highest BCUT2D eigenvalue weighted by molar-refractivity contribution is 6.65. The van der Waals surface area contributed by atoms with E-state index in [0.29, 0.717) is 5.17 Å². The molecule has 0 N–H and O–H groups in total. The Bertz CT molecular complexity index is 96.7. The molecule has 0 unspecified atom stereocenters. The molecule has 1 nitrogen and oxygen atoms in total. The van der Waals surface area contributed by atoms with Crippen LogP contribution in [0.1, 0.15) is 19.8 Å². The van der Waals surface area contributed by atoms with Crippen molar-refractivity contribution in [2.75, 3.05) is 0 Å². The Balaban J connectivity index is 3.44. The summed E-state index contributed by atoms with van der Waals surface area (Å²) in [5.41, 5.74) is 0. The van der Waals surface area contributed by atoms with Crippen LogP contribution in [0.15, 0.2) is 17.8 Å². The third kappa shape index (κ3) is 3.88. The molecule has 0 aromatic carbocycles. The zero-order valence-electron chi connectivity index (χ0n) is 5.02. The standard InChI is InChI=1S/C6H10ClN/c1-3-5-6(7)8-4-2/h4H,2-3,5H2,1H3. The van der Waals surface area contributed by atoms with E-state index in [4.69, 9.17) is 11.6 Å². The molecule has 0 bridgehead atoms. The molecular formula is C6H10ClN. The monoisotopic (exact) mass is 131 g/mol. The average molecular weight is 132 g/mol. The summed E-state index contributed by atoms with van der Waals surface area (Å²) in [4.78, 5) is 3.76. The summed E-state index contributed by atoms with van der Waals surface area (Å²) in [6.45, 7) is 5.47. The second-order valence-electron chi connectivity index (χ2n) is 1.44. The molecule has 2 heteroatoms. The molecule has 0 aliphatic carbocycles. The Morgan fingerprint density at radius 1 is 1.88 bits per heavy atom. The van der Waals surface area contributed by atoms with E-state index in [-0.39, 0.29) is 0 Å². The summed E-state index contributed by atoms with van der Waals surface area (Å²) in [5, 5.41) is 0.641. The minimum atomic E-state index is 0.641. The van der Waals surface area contributed by atoms with Crippen LogP contribution in [0.4, 0.5) is 0 Å². The van der Waals surface area contributed by atoms with Gasteiger partial charge in [-0.05, 0) is 6.42 Å². The van der Waals surface area contributed by atoms with Crippen LogP contribution in [0.2, 0.25) is 0 Å². The molecule has 0 amide bonds. The molecule has 0 saturated heterocycles. The number of rotatable bonds is 3. The van der Waals surface area contributed by atoms with Gasteiger partial charge in [0.1, 0.15) is 5.17 Å². The van der Waals surface area contributed by atoms with Gasteiger partial charge in [0.05, 0.1) is 0 Å². The van der Waals surface area contributed by atoms with E-state index >= 15 is 0 Å². The second kappa shape index (κ2) is 4.85. The molecule has 0 spiro atoms. The summed E-state index contributed by atoms with van der Waals surface area (Å²) >= 11 is 5.56. The second-order valence-corrected chi connectivity index (χ2v) is 1.87. The molecule has 0 atom stereocenters. The SMILES string of the molecule is C=CN=C(Cl)CCC. The normalized spacial score (nSPS) is 11.5. The predicted octanol–water partition coefficient (Wildman–Crippen LogP) is 2.57. The van der Waals surface area contributed by atoms with Gasteiger partial charge in [-0.15, -0.1) is 0 Å². The van der Waals surface area contributed by atoms with Crippen LogP contribution < -0.4 is 0 Å². The third-order valence-corrected chi connectivity index (χ3v) is 0.974. The Kier molecular flexibility index (Phi) is 4.67. The minimum absolute atomic E-state index is 0.641. The molecule has 0 aliphatic heterocycles. The lowest BCUT2D eigenvalue weighted by Gasteiger charge is -1.87. The maximum Gasteiger partial charge on any atom is 0.106 e. The largest absolute Gasteiger partial charge is 0.250 e. The first-order valence-electron chi connectivity index (χ1n) is 2.64. The quantitative estimate of drug-likeness (QED) is 0.522. The van der Waals surface area contributed by atoms with Crippen LogP contribution in [0.25, 0.3) is 0 Å². The lowest BCUT2D eigenvalue weighted by molar-refractivity contribution is 1.00. The fourth-order valence-electron chi connectivity index (χ4n) is 0.370. The lowest BCUT2D eigenvalue weighted by atomic mass is 10.4. The van der Waals surface area contributed by atoms with Crippen molar-refractivity contribution >= 4 is 16.8 Å². The predicted molar refractivity (Wildman–Crippen MR) is 38.4 cm³/mol. The first kappa shape index (κ1) is 7.70. The molecular weight excluding hydrogens is 122 g/mol. The number of hydrogen-bond acceptors (Lipinski definition) is 1. The zero-order chi connectivity index (χ0) is 6.41. The number of halogens is 1. The molecule has 0 radical (unpaired) electrons. The fourth-order valence-corrected chi connectivity index (χ4v) is 0.628. The summed E-state index contributed by atoms with van der Waals surface area (Å²) in [5.74, 6) is 0. The highest BCUT2D eigenvalue weighted by atomic mass is 35.5. The van der Waals surface area contributed by atoms with Gasteiger partial charge in [-0.3, -0.25) is 0 Å². The van der Waals surface area contributed by atoms with Crippen LogP contribution >= 0.6 is 11.6 Å². The Hall–Kier alpha value is -0.300. The van der Waals surface area contributed by atoms with E-state index in [1.807, 2.05) is 0 Å². The van der Waals surface area contributed by atoms with Crippen molar-refractivity contribution in [1.82, 2.24) is 0 Å². The molecule has 0 fully saturated rings. The molecule has 0 aliphatic rings. The molecule has 0 heterocycles. The van der Waals surface area contributed by atoms with Crippen LogP contribution in [-0.4, -0.2) is 5.17 Å². The average Bonchev–Trinajstić information content (AvgIpc) is 1.68. The van der Waals surface area contributed by atoms with Crippen molar-refractivity contribution < 1.29 is 0 Å². The highest BCUT2D eigenvalue weighted by Gasteiger charge is 1.86. The molecule has 0 aromatic heterocycles. The summed E-state index contributed by atoms with van der Waals surface area (Å²) in [6, 6.07) is 0. The smallest absolute Gasteiger partial charge is 0.106 e. The van der Waals surface area contributed by atoms with Gasteiger partial charge < -0.3 is 0 Å². The van der Waals surface area contributed by atoms with Gasteiger partial charge in [0.2, 0.25) is 0 Å². The van der Waals surface area contributed by atoms with E-state index in [2.05, 4.69) is 18.5 Å². The maximum absolute atomic E-state index is 5.56. The van der Waals surface area contributed by atoms with Crippen molar-refractivity contribution in [3.8, 4) is 0 Å². The lowest BCUT2D eigenvalue weighted by Crippen LogP contribution is -1.82. The van der Waals surface area contributed by atoms with Gasteiger partial charge in [-0.1, -0.05) is 25.1 Å². The molecule has 8 heavy (non-hydrogen) atoms. The molecule has 46 valence electrons. The first-order chi connectivity index (χ1) is 3.81. The molecule has 0 saturated carbocycles. The van der Waals surface area contributed by atoms with E-state index in [9.17, 15) is 0 Å². The van der Waals surface area contributed by atoms with Gasteiger partial charge in [-0.2, -0.15) is 0 Å². The van der Waals surface area contributed by atoms with Crippen LogP contribution in [0.5, 0.6) is 0 Å². The van der Waals surface area contributed by atoms with Gasteiger partial charge in [-0.25, -0.2) is 4.99 Å². The van der Waals surface area contributed by atoms with Crippen molar-refractivity contribution in [2.24, 2.45) is 4.99 Å². The van der Waals surface area contributed by atoms with Gasteiger partial charge in [0.15, 0.2) is 0 Å². The van der Waals surface area contributed by atoms with Crippen LogP contribution in [0, 0.1) is 0 Å². The van der Waals surface area contributed by atoms with Gasteiger partial charge in [0, 0.05) is 12.6 Å².